The molecule has 0 saturated heterocycles. The smallest absolute Gasteiger partial charge is 0.255 e. The van der Waals surface area contributed by atoms with E-state index in [0.29, 0.717) is 11.4 Å². The van der Waals surface area contributed by atoms with Crippen LogP contribution < -0.4 is 15.5 Å². The third-order valence-corrected chi connectivity index (χ3v) is 3.08. The normalized spacial score (nSPS) is 10.4. The van der Waals surface area contributed by atoms with Gasteiger partial charge >= 0.3 is 0 Å². The first kappa shape index (κ1) is 15.8. The fourth-order valence-electron chi connectivity index (χ4n) is 2.01. The van der Waals surface area contributed by atoms with Crippen LogP contribution in [0.4, 0.5) is 17.2 Å². The van der Waals surface area contributed by atoms with E-state index in [2.05, 4.69) is 15.6 Å². The third-order valence-electron chi connectivity index (χ3n) is 3.08. The molecular weight excluding hydrogens is 276 g/mol. The van der Waals surface area contributed by atoms with E-state index >= 15 is 0 Å². The van der Waals surface area contributed by atoms with Gasteiger partial charge in [-0.1, -0.05) is 6.07 Å². The van der Waals surface area contributed by atoms with Crippen molar-refractivity contribution in [2.24, 2.45) is 0 Å². The molecule has 0 spiro atoms. The molecule has 0 saturated carbocycles. The molecule has 2 rings (SSSR count). The van der Waals surface area contributed by atoms with Crippen LogP contribution >= 0.6 is 0 Å². The van der Waals surface area contributed by atoms with Crippen LogP contribution in [0.5, 0.6) is 0 Å². The van der Waals surface area contributed by atoms with Gasteiger partial charge in [0.2, 0.25) is 0 Å². The SMILES string of the molecule is CC(C)Nc1cc(C(=O)Nc2cccc(N(C)C)c2)ccn1. The van der Waals surface area contributed by atoms with E-state index in [1.165, 1.54) is 0 Å². The number of anilines is 3. The van der Waals surface area contributed by atoms with Crippen molar-refractivity contribution in [2.75, 3.05) is 29.6 Å². The Balaban J connectivity index is 2.13. The van der Waals surface area contributed by atoms with Gasteiger partial charge in [-0.3, -0.25) is 4.79 Å². The molecule has 0 radical (unpaired) electrons. The molecule has 1 aromatic carbocycles. The van der Waals surface area contributed by atoms with Gasteiger partial charge in [0.1, 0.15) is 5.82 Å². The molecule has 2 N–H and O–H groups in total. The van der Waals surface area contributed by atoms with Crippen molar-refractivity contribution in [3.63, 3.8) is 0 Å². The van der Waals surface area contributed by atoms with Gasteiger partial charge in [-0.15, -0.1) is 0 Å². The number of nitrogens with zero attached hydrogens (tertiary/aromatic N) is 2. The molecule has 0 atom stereocenters. The Kier molecular flexibility index (Phi) is 4.99. The molecule has 1 heterocycles. The maximum atomic E-state index is 12.4. The number of hydrogen-bond donors (Lipinski definition) is 2. The molecule has 116 valence electrons. The maximum Gasteiger partial charge on any atom is 0.255 e. The molecule has 2 aromatic rings. The summed E-state index contributed by atoms with van der Waals surface area (Å²) in [5.41, 5.74) is 2.38. The summed E-state index contributed by atoms with van der Waals surface area (Å²) in [4.78, 5) is 18.6. The second-order valence-electron chi connectivity index (χ2n) is 5.63. The Morgan fingerprint density at radius 1 is 1.18 bits per heavy atom. The fraction of sp³-hybridized carbons (Fsp3) is 0.294. The summed E-state index contributed by atoms with van der Waals surface area (Å²) >= 11 is 0. The quantitative estimate of drug-likeness (QED) is 0.890. The van der Waals surface area contributed by atoms with Gasteiger partial charge < -0.3 is 15.5 Å². The largest absolute Gasteiger partial charge is 0.378 e. The molecule has 5 heteroatoms. The zero-order valence-electron chi connectivity index (χ0n) is 13.4. The summed E-state index contributed by atoms with van der Waals surface area (Å²) in [6.07, 6.45) is 1.63. The number of carbonyl (C=O) groups is 1. The summed E-state index contributed by atoms with van der Waals surface area (Å²) in [5.74, 6) is 0.551. The molecule has 0 fully saturated rings. The van der Waals surface area contributed by atoms with Crippen LogP contribution in [-0.2, 0) is 0 Å². The van der Waals surface area contributed by atoms with Gasteiger partial charge in [-0.05, 0) is 44.2 Å². The lowest BCUT2D eigenvalue weighted by Gasteiger charge is -2.14. The summed E-state index contributed by atoms with van der Waals surface area (Å²) in [6, 6.07) is 11.5. The second-order valence-corrected chi connectivity index (χ2v) is 5.63. The van der Waals surface area contributed by atoms with Crippen LogP contribution in [0.2, 0.25) is 0 Å². The average molecular weight is 298 g/mol. The Hall–Kier alpha value is -2.56. The number of pyridine rings is 1. The summed E-state index contributed by atoms with van der Waals surface area (Å²) in [5, 5.41) is 6.10. The number of hydrogen-bond acceptors (Lipinski definition) is 4. The van der Waals surface area contributed by atoms with Gasteiger partial charge in [0, 0.05) is 43.3 Å². The molecule has 0 bridgehead atoms. The number of rotatable bonds is 5. The van der Waals surface area contributed by atoms with Crippen molar-refractivity contribution in [3.8, 4) is 0 Å². The third kappa shape index (κ3) is 4.22. The van der Waals surface area contributed by atoms with Gasteiger partial charge in [-0.25, -0.2) is 4.98 Å². The second kappa shape index (κ2) is 6.93. The molecule has 5 nitrogen and oxygen atoms in total. The molecular formula is C17H22N4O. The van der Waals surface area contributed by atoms with Gasteiger partial charge in [0.15, 0.2) is 0 Å². The number of benzene rings is 1. The van der Waals surface area contributed by atoms with Crippen molar-refractivity contribution in [1.29, 1.82) is 0 Å². The van der Waals surface area contributed by atoms with Crippen LogP contribution in [0, 0.1) is 0 Å². The first-order valence-electron chi connectivity index (χ1n) is 7.27. The monoisotopic (exact) mass is 298 g/mol. The van der Waals surface area contributed by atoms with Crippen LogP contribution in [-0.4, -0.2) is 31.0 Å². The van der Waals surface area contributed by atoms with Crippen molar-refractivity contribution < 1.29 is 4.79 Å². The van der Waals surface area contributed by atoms with Crippen molar-refractivity contribution in [1.82, 2.24) is 4.98 Å². The highest BCUT2D eigenvalue weighted by molar-refractivity contribution is 6.04. The molecule has 0 aliphatic rings. The van der Waals surface area contributed by atoms with Crippen molar-refractivity contribution in [2.45, 2.75) is 19.9 Å². The minimum Gasteiger partial charge on any atom is -0.378 e. The number of carbonyl (C=O) groups excluding carboxylic acids is 1. The molecule has 22 heavy (non-hydrogen) atoms. The predicted octanol–water partition coefficient (Wildman–Crippen LogP) is 3.22. The number of amides is 1. The standard InChI is InChI=1S/C17H22N4O/c1-12(2)19-16-10-13(8-9-18-16)17(22)20-14-6-5-7-15(11-14)21(3)4/h5-12H,1-4H3,(H,18,19)(H,20,22). The molecule has 1 aromatic heterocycles. The van der Waals surface area contributed by atoms with Crippen molar-refractivity contribution in [3.05, 3.63) is 48.2 Å². The van der Waals surface area contributed by atoms with E-state index in [-0.39, 0.29) is 11.9 Å². The van der Waals surface area contributed by atoms with E-state index in [4.69, 9.17) is 0 Å². The molecule has 1 amide bonds. The fourth-order valence-corrected chi connectivity index (χ4v) is 2.01. The van der Waals surface area contributed by atoms with E-state index in [0.717, 1.165) is 11.4 Å². The molecule has 0 unspecified atom stereocenters. The first-order valence-corrected chi connectivity index (χ1v) is 7.27. The first-order chi connectivity index (χ1) is 10.5. The maximum absolute atomic E-state index is 12.4. The Morgan fingerprint density at radius 2 is 1.95 bits per heavy atom. The highest BCUT2D eigenvalue weighted by Gasteiger charge is 2.08. The van der Waals surface area contributed by atoms with Crippen LogP contribution in [0.1, 0.15) is 24.2 Å². The lowest BCUT2D eigenvalue weighted by Crippen LogP contribution is -2.15. The van der Waals surface area contributed by atoms with E-state index in [9.17, 15) is 4.79 Å². The highest BCUT2D eigenvalue weighted by atomic mass is 16.1. The zero-order chi connectivity index (χ0) is 16.1. The van der Waals surface area contributed by atoms with Crippen LogP contribution in [0.15, 0.2) is 42.6 Å². The molecule has 0 aliphatic carbocycles. The van der Waals surface area contributed by atoms with Gasteiger partial charge in [0.05, 0.1) is 0 Å². The Labute approximate surface area is 131 Å². The molecule has 0 aliphatic heterocycles. The average Bonchev–Trinajstić information content (AvgIpc) is 2.47. The minimum absolute atomic E-state index is 0.148. The number of nitrogens with one attached hydrogen (secondary N) is 2. The van der Waals surface area contributed by atoms with Crippen molar-refractivity contribution >= 4 is 23.1 Å². The van der Waals surface area contributed by atoms with Crippen LogP contribution in [0.25, 0.3) is 0 Å². The predicted molar refractivity (Wildman–Crippen MR) is 91.7 cm³/mol. The van der Waals surface area contributed by atoms with Gasteiger partial charge in [-0.2, -0.15) is 0 Å². The summed E-state index contributed by atoms with van der Waals surface area (Å²) in [7, 11) is 3.93. The highest BCUT2D eigenvalue weighted by Crippen LogP contribution is 2.18. The van der Waals surface area contributed by atoms with E-state index in [1.807, 2.05) is 57.1 Å². The minimum atomic E-state index is -0.148. The summed E-state index contributed by atoms with van der Waals surface area (Å²) in [6.45, 7) is 4.06. The van der Waals surface area contributed by atoms with Gasteiger partial charge in [0.25, 0.3) is 5.91 Å². The number of aromatic nitrogens is 1. The zero-order valence-corrected chi connectivity index (χ0v) is 13.4. The topological polar surface area (TPSA) is 57.3 Å². The summed E-state index contributed by atoms with van der Waals surface area (Å²) < 4.78 is 0. The Bertz CT molecular complexity index is 653. The van der Waals surface area contributed by atoms with Crippen LogP contribution in [0.3, 0.4) is 0 Å². The van der Waals surface area contributed by atoms with E-state index < -0.39 is 0 Å². The lowest BCUT2D eigenvalue weighted by atomic mass is 10.2. The Morgan fingerprint density at radius 3 is 2.64 bits per heavy atom. The lowest BCUT2D eigenvalue weighted by molar-refractivity contribution is 0.102. The van der Waals surface area contributed by atoms with E-state index in [1.54, 1.807) is 18.3 Å².